The number of nitrogen functional groups attached to an aromatic ring is 1. The smallest absolute Gasteiger partial charge is 0.251 e. The fourth-order valence-corrected chi connectivity index (χ4v) is 6.57. The summed E-state index contributed by atoms with van der Waals surface area (Å²) in [7, 11) is 0. The van der Waals surface area contributed by atoms with Crippen LogP contribution in [0.1, 0.15) is 74.1 Å². The van der Waals surface area contributed by atoms with Crippen LogP contribution in [0.4, 0.5) is 5.69 Å². The number of nitrogens with one attached hydrogen (secondary N) is 4. The molecule has 4 aromatic carbocycles. The number of benzene rings is 4. The largest absolute Gasteiger partial charge is 0.399 e. The number of carbonyl (C=O) groups is 4. The molecule has 1 heterocycles. The SMILES string of the molecule is CC[C@H](NC[C@H](Cc1ccsc1)NC(=O)c1cc(C(=O)N[C@H](C)c2ccccc2)cc(-c2ccccc2C(N)=O)c1)C(=O)NCc1ccc(N)cc1. The molecule has 0 aliphatic heterocycles. The van der Waals surface area contributed by atoms with Crippen LogP contribution in [0.2, 0.25) is 0 Å². The molecule has 0 bridgehead atoms. The average molecular weight is 717 g/mol. The number of primary amides is 1. The van der Waals surface area contributed by atoms with E-state index in [9.17, 15) is 19.2 Å². The first-order valence-corrected chi connectivity index (χ1v) is 18.1. The van der Waals surface area contributed by atoms with E-state index in [4.69, 9.17) is 11.5 Å². The summed E-state index contributed by atoms with van der Waals surface area (Å²) >= 11 is 1.56. The number of anilines is 1. The van der Waals surface area contributed by atoms with E-state index in [1.54, 1.807) is 65.9 Å². The maximum absolute atomic E-state index is 14.1. The number of amides is 4. The van der Waals surface area contributed by atoms with Gasteiger partial charge in [0.25, 0.3) is 11.8 Å². The predicted octanol–water partition coefficient (Wildman–Crippen LogP) is 5.61. The molecule has 5 aromatic rings. The molecule has 5 rings (SSSR count). The van der Waals surface area contributed by atoms with Gasteiger partial charge in [0.2, 0.25) is 11.8 Å². The van der Waals surface area contributed by atoms with Crippen molar-refractivity contribution in [2.45, 2.75) is 51.4 Å². The fraction of sp³-hybridized carbons (Fsp3) is 0.220. The van der Waals surface area contributed by atoms with Crippen molar-refractivity contribution in [3.8, 4) is 11.1 Å². The lowest BCUT2D eigenvalue weighted by atomic mass is 9.94. The molecule has 0 spiro atoms. The summed E-state index contributed by atoms with van der Waals surface area (Å²) in [5.74, 6) is -1.57. The molecule has 0 saturated carbocycles. The van der Waals surface area contributed by atoms with Gasteiger partial charge in [0.1, 0.15) is 0 Å². The van der Waals surface area contributed by atoms with Crippen molar-refractivity contribution >= 4 is 40.7 Å². The zero-order valence-electron chi connectivity index (χ0n) is 29.2. The van der Waals surface area contributed by atoms with E-state index in [0.717, 1.165) is 16.7 Å². The van der Waals surface area contributed by atoms with Crippen LogP contribution in [0.3, 0.4) is 0 Å². The second-order valence-electron chi connectivity index (χ2n) is 12.6. The highest BCUT2D eigenvalue weighted by atomic mass is 32.1. The highest BCUT2D eigenvalue weighted by Crippen LogP contribution is 2.27. The van der Waals surface area contributed by atoms with Crippen LogP contribution in [0.15, 0.2) is 114 Å². The highest BCUT2D eigenvalue weighted by molar-refractivity contribution is 7.07. The number of carbonyl (C=O) groups excluding carboxylic acids is 4. The summed E-state index contributed by atoms with van der Waals surface area (Å²) in [6.45, 7) is 4.48. The first-order chi connectivity index (χ1) is 25.1. The number of rotatable bonds is 16. The molecule has 268 valence electrons. The minimum Gasteiger partial charge on any atom is -0.399 e. The third-order valence-electron chi connectivity index (χ3n) is 8.79. The van der Waals surface area contributed by atoms with Gasteiger partial charge in [0.05, 0.1) is 12.1 Å². The van der Waals surface area contributed by atoms with E-state index in [1.165, 1.54) is 0 Å². The number of thiophene rings is 1. The first kappa shape index (κ1) is 37.5. The first-order valence-electron chi connectivity index (χ1n) is 17.2. The lowest BCUT2D eigenvalue weighted by Gasteiger charge is -2.23. The lowest BCUT2D eigenvalue weighted by molar-refractivity contribution is -0.123. The molecular weight excluding hydrogens is 673 g/mol. The Morgan fingerprint density at radius 1 is 0.788 bits per heavy atom. The Labute approximate surface area is 308 Å². The molecule has 0 unspecified atom stereocenters. The van der Waals surface area contributed by atoms with E-state index < -0.39 is 23.9 Å². The van der Waals surface area contributed by atoms with Crippen LogP contribution in [-0.4, -0.2) is 42.3 Å². The van der Waals surface area contributed by atoms with Crippen molar-refractivity contribution in [3.63, 3.8) is 0 Å². The molecule has 4 amide bonds. The van der Waals surface area contributed by atoms with Crippen molar-refractivity contribution in [3.05, 3.63) is 147 Å². The molecule has 3 atom stereocenters. The van der Waals surface area contributed by atoms with Gasteiger partial charge in [-0.25, -0.2) is 0 Å². The molecule has 0 aliphatic rings. The summed E-state index contributed by atoms with van der Waals surface area (Å²) in [6, 6.07) is 29.4. The van der Waals surface area contributed by atoms with Crippen molar-refractivity contribution in [1.29, 1.82) is 0 Å². The summed E-state index contributed by atoms with van der Waals surface area (Å²) in [5, 5.41) is 16.5. The summed E-state index contributed by atoms with van der Waals surface area (Å²) in [4.78, 5) is 53.3. The maximum Gasteiger partial charge on any atom is 0.251 e. The molecule has 0 saturated heterocycles. The van der Waals surface area contributed by atoms with Crippen molar-refractivity contribution in [2.24, 2.45) is 5.73 Å². The zero-order valence-corrected chi connectivity index (χ0v) is 30.0. The highest BCUT2D eigenvalue weighted by Gasteiger charge is 2.23. The molecular formula is C41H44N6O4S. The fourth-order valence-electron chi connectivity index (χ4n) is 5.89. The maximum atomic E-state index is 14.1. The van der Waals surface area contributed by atoms with Crippen LogP contribution >= 0.6 is 11.3 Å². The number of nitrogens with two attached hydrogens (primary N) is 2. The van der Waals surface area contributed by atoms with E-state index in [2.05, 4.69) is 21.3 Å². The van der Waals surface area contributed by atoms with E-state index >= 15 is 0 Å². The van der Waals surface area contributed by atoms with Crippen LogP contribution in [0, 0.1) is 0 Å². The third-order valence-corrected chi connectivity index (χ3v) is 9.52. The van der Waals surface area contributed by atoms with E-state index in [-0.39, 0.29) is 34.5 Å². The van der Waals surface area contributed by atoms with Gasteiger partial charge in [-0.3, -0.25) is 19.2 Å². The van der Waals surface area contributed by atoms with Crippen molar-refractivity contribution in [1.82, 2.24) is 21.3 Å². The van der Waals surface area contributed by atoms with Crippen LogP contribution in [-0.2, 0) is 17.8 Å². The quantitative estimate of drug-likeness (QED) is 0.0726. The molecule has 1 aromatic heterocycles. The Hall–Kier alpha value is -5.78. The van der Waals surface area contributed by atoms with Gasteiger partial charge in [-0.05, 0) is 101 Å². The topological polar surface area (TPSA) is 168 Å². The Kier molecular flexibility index (Phi) is 12.9. The van der Waals surface area contributed by atoms with E-state index in [1.807, 2.05) is 73.1 Å². The second kappa shape index (κ2) is 17.9. The molecule has 0 radical (unpaired) electrons. The molecule has 52 heavy (non-hydrogen) atoms. The Morgan fingerprint density at radius 3 is 2.12 bits per heavy atom. The number of hydrogen-bond acceptors (Lipinski definition) is 7. The second-order valence-corrected chi connectivity index (χ2v) is 13.4. The summed E-state index contributed by atoms with van der Waals surface area (Å²) in [5.41, 5.74) is 16.8. The van der Waals surface area contributed by atoms with Gasteiger partial charge in [-0.2, -0.15) is 11.3 Å². The third kappa shape index (κ3) is 10.1. The van der Waals surface area contributed by atoms with Crippen molar-refractivity contribution in [2.75, 3.05) is 12.3 Å². The molecule has 0 fully saturated rings. The Morgan fingerprint density at radius 2 is 1.46 bits per heavy atom. The van der Waals surface area contributed by atoms with Crippen molar-refractivity contribution < 1.29 is 19.2 Å². The summed E-state index contributed by atoms with van der Waals surface area (Å²) in [6.07, 6.45) is 1.05. The molecule has 11 heteroatoms. The van der Waals surface area contributed by atoms with Crippen LogP contribution < -0.4 is 32.7 Å². The average Bonchev–Trinajstić information content (AvgIpc) is 3.68. The Balaban J connectivity index is 1.38. The molecule has 0 aliphatic carbocycles. The minimum absolute atomic E-state index is 0.152. The zero-order chi connectivity index (χ0) is 37.0. The summed E-state index contributed by atoms with van der Waals surface area (Å²) < 4.78 is 0. The standard InChI is InChI=1S/C41H44N6O4S/c1-3-37(41(51)45-23-27-13-15-33(42)16-14-27)44-24-34(19-28-17-18-52-25-28)47-40(50)32-21-30(35-11-7-8-12-36(35)38(43)48)20-31(22-32)39(49)46-26(2)29-9-5-4-6-10-29/h4-18,20-22,25-26,34,37,44H,3,19,23-24,42H2,1-2H3,(H2,43,48)(H,45,51)(H,46,49)(H,47,50)/t26-,34+,37+/m1/s1. The van der Waals surface area contributed by atoms with Gasteiger partial charge < -0.3 is 32.7 Å². The van der Waals surface area contributed by atoms with Crippen LogP contribution in [0.5, 0.6) is 0 Å². The molecule has 10 nitrogen and oxygen atoms in total. The lowest BCUT2D eigenvalue weighted by Crippen LogP contribution is -2.50. The van der Waals surface area contributed by atoms with Gasteiger partial charge in [-0.1, -0.05) is 67.6 Å². The Bertz CT molecular complexity index is 1980. The monoisotopic (exact) mass is 716 g/mol. The van der Waals surface area contributed by atoms with Gasteiger partial charge in [0.15, 0.2) is 0 Å². The number of hydrogen-bond donors (Lipinski definition) is 6. The van der Waals surface area contributed by atoms with E-state index in [0.29, 0.717) is 42.7 Å². The predicted molar refractivity (Wildman–Crippen MR) is 207 cm³/mol. The van der Waals surface area contributed by atoms with Gasteiger partial charge >= 0.3 is 0 Å². The minimum atomic E-state index is -0.626. The van der Waals surface area contributed by atoms with Gasteiger partial charge in [-0.15, -0.1) is 0 Å². The van der Waals surface area contributed by atoms with Gasteiger partial charge in [0, 0.05) is 41.5 Å². The van der Waals surface area contributed by atoms with Crippen LogP contribution in [0.25, 0.3) is 11.1 Å². The molecule has 8 N–H and O–H groups in total. The normalized spacial score (nSPS) is 12.7.